The highest BCUT2D eigenvalue weighted by Gasteiger charge is 2.19. The average Bonchev–Trinajstić information content (AvgIpc) is 2.83. The predicted molar refractivity (Wildman–Crippen MR) is 62.4 cm³/mol. The highest BCUT2D eigenvalue weighted by Crippen LogP contribution is 2.34. The molecular formula is C14H16O2. The molecule has 16 heavy (non-hydrogen) atoms. The molecule has 0 unspecified atom stereocenters. The fourth-order valence-electron chi connectivity index (χ4n) is 2.57. The number of aryl methyl sites for hydroxylation is 1. The summed E-state index contributed by atoms with van der Waals surface area (Å²) >= 11 is 0. The van der Waals surface area contributed by atoms with E-state index < -0.39 is 0 Å². The van der Waals surface area contributed by atoms with Gasteiger partial charge in [-0.25, -0.2) is 0 Å². The second-order valence-electron chi connectivity index (χ2n) is 4.53. The van der Waals surface area contributed by atoms with Crippen LogP contribution in [0, 0.1) is 6.92 Å². The van der Waals surface area contributed by atoms with E-state index in [0.717, 1.165) is 17.7 Å². The highest BCUT2D eigenvalue weighted by molar-refractivity contribution is 5.62. The van der Waals surface area contributed by atoms with Crippen LogP contribution in [-0.2, 0) is 12.8 Å². The smallest absolute Gasteiger partial charge is 0.140 e. The lowest BCUT2D eigenvalue weighted by atomic mass is 10.0. The second-order valence-corrected chi connectivity index (χ2v) is 4.53. The van der Waals surface area contributed by atoms with Gasteiger partial charge in [0.1, 0.15) is 17.8 Å². The molecule has 3 rings (SSSR count). The van der Waals surface area contributed by atoms with E-state index in [1.54, 1.807) is 12.5 Å². The molecule has 0 amide bonds. The summed E-state index contributed by atoms with van der Waals surface area (Å²) in [6, 6.07) is 1.96. The van der Waals surface area contributed by atoms with E-state index in [0.29, 0.717) is 0 Å². The number of rotatable bonds is 1. The molecule has 0 aromatic carbocycles. The molecule has 0 saturated heterocycles. The summed E-state index contributed by atoms with van der Waals surface area (Å²) < 4.78 is 11.1. The van der Waals surface area contributed by atoms with E-state index in [1.165, 1.54) is 42.6 Å². The van der Waals surface area contributed by atoms with Crippen molar-refractivity contribution in [1.82, 2.24) is 0 Å². The Morgan fingerprint density at radius 1 is 1.12 bits per heavy atom. The molecule has 0 saturated carbocycles. The van der Waals surface area contributed by atoms with Crippen LogP contribution < -0.4 is 0 Å². The van der Waals surface area contributed by atoms with Gasteiger partial charge in [-0.05, 0) is 43.4 Å². The Hall–Kier alpha value is -1.44. The Morgan fingerprint density at radius 2 is 2.00 bits per heavy atom. The normalized spacial score (nSPS) is 15.8. The van der Waals surface area contributed by atoms with Crippen molar-refractivity contribution in [3.05, 3.63) is 35.5 Å². The van der Waals surface area contributed by atoms with Crippen LogP contribution in [0.3, 0.4) is 0 Å². The van der Waals surface area contributed by atoms with E-state index in [9.17, 15) is 0 Å². The molecule has 1 aliphatic carbocycles. The first-order valence-electron chi connectivity index (χ1n) is 6.00. The largest absolute Gasteiger partial charge is 0.472 e. The first-order chi connectivity index (χ1) is 7.86. The van der Waals surface area contributed by atoms with E-state index in [4.69, 9.17) is 8.83 Å². The minimum atomic E-state index is 1.00. The quantitative estimate of drug-likeness (QED) is 0.670. The number of furan rings is 2. The van der Waals surface area contributed by atoms with Crippen LogP contribution in [-0.4, -0.2) is 0 Å². The van der Waals surface area contributed by atoms with Crippen LogP contribution in [0.4, 0.5) is 0 Å². The van der Waals surface area contributed by atoms with Crippen LogP contribution in [0.1, 0.15) is 36.1 Å². The zero-order valence-corrected chi connectivity index (χ0v) is 9.58. The molecule has 2 nitrogen and oxygen atoms in total. The molecule has 0 fully saturated rings. The lowest BCUT2D eigenvalue weighted by Crippen LogP contribution is -1.86. The van der Waals surface area contributed by atoms with Gasteiger partial charge in [-0.2, -0.15) is 0 Å². The number of hydrogen-bond donors (Lipinski definition) is 0. The van der Waals surface area contributed by atoms with E-state index in [1.807, 2.05) is 6.07 Å². The van der Waals surface area contributed by atoms with Crippen LogP contribution >= 0.6 is 0 Å². The molecule has 2 aromatic rings. The zero-order valence-electron chi connectivity index (χ0n) is 9.58. The summed E-state index contributed by atoms with van der Waals surface area (Å²) in [7, 11) is 0. The molecule has 0 N–H and O–H groups in total. The molecule has 1 aliphatic rings. The highest BCUT2D eigenvalue weighted by atomic mass is 16.3. The van der Waals surface area contributed by atoms with Crippen molar-refractivity contribution >= 4 is 0 Å². The minimum Gasteiger partial charge on any atom is -0.472 e. The molecule has 2 heteroatoms. The van der Waals surface area contributed by atoms with Gasteiger partial charge >= 0.3 is 0 Å². The maximum absolute atomic E-state index is 6.00. The van der Waals surface area contributed by atoms with Gasteiger partial charge in [0.2, 0.25) is 0 Å². The summed E-state index contributed by atoms with van der Waals surface area (Å²) in [6.07, 6.45) is 9.58. The molecule has 84 valence electrons. The maximum Gasteiger partial charge on any atom is 0.140 e. The molecule has 2 heterocycles. The van der Waals surface area contributed by atoms with Gasteiger partial charge in [-0.3, -0.25) is 0 Å². The molecule has 0 atom stereocenters. The van der Waals surface area contributed by atoms with Crippen LogP contribution in [0.15, 0.2) is 27.4 Å². The summed E-state index contributed by atoms with van der Waals surface area (Å²) in [5.41, 5.74) is 3.80. The molecule has 0 spiro atoms. The Labute approximate surface area is 95.3 Å². The zero-order chi connectivity index (χ0) is 11.0. The third-order valence-corrected chi connectivity index (χ3v) is 3.47. The van der Waals surface area contributed by atoms with Crippen molar-refractivity contribution < 1.29 is 8.83 Å². The van der Waals surface area contributed by atoms with Gasteiger partial charge in [0.25, 0.3) is 0 Å². The van der Waals surface area contributed by atoms with Gasteiger partial charge < -0.3 is 8.83 Å². The summed E-state index contributed by atoms with van der Waals surface area (Å²) in [5, 5.41) is 0. The topological polar surface area (TPSA) is 26.3 Å². The SMILES string of the molecule is Cc1c(-c2ccoc2)oc2c1CCCCC2. The third kappa shape index (κ3) is 1.49. The van der Waals surface area contributed by atoms with Gasteiger partial charge in [-0.15, -0.1) is 0 Å². The van der Waals surface area contributed by atoms with E-state index in [2.05, 4.69) is 6.92 Å². The number of hydrogen-bond acceptors (Lipinski definition) is 2. The Balaban J connectivity index is 2.08. The van der Waals surface area contributed by atoms with Crippen LogP contribution in [0.5, 0.6) is 0 Å². The van der Waals surface area contributed by atoms with Gasteiger partial charge in [0.05, 0.1) is 11.8 Å². The van der Waals surface area contributed by atoms with Crippen LogP contribution in [0.25, 0.3) is 11.3 Å². The van der Waals surface area contributed by atoms with Gasteiger partial charge in [0.15, 0.2) is 0 Å². The average molecular weight is 216 g/mol. The van der Waals surface area contributed by atoms with Crippen molar-refractivity contribution in [3.8, 4) is 11.3 Å². The van der Waals surface area contributed by atoms with Crippen molar-refractivity contribution in [3.63, 3.8) is 0 Å². The van der Waals surface area contributed by atoms with Crippen molar-refractivity contribution in [2.45, 2.75) is 39.0 Å². The molecule has 0 bridgehead atoms. The standard InChI is InChI=1S/C14H16O2/c1-10-12-5-3-2-4-6-13(12)16-14(10)11-7-8-15-9-11/h7-9H,2-6H2,1H3. The van der Waals surface area contributed by atoms with E-state index >= 15 is 0 Å². The second kappa shape index (κ2) is 3.85. The number of fused-ring (bicyclic) bond motifs is 1. The molecule has 0 aliphatic heterocycles. The summed E-state index contributed by atoms with van der Waals surface area (Å²) in [6.45, 7) is 2.16. The van der Waals surface area contributed by atoms with Gasteiger partial charge in [-0.1, -0.05) is 6.42 Å². The third-order valence-electron chi connectivity index (χ3n) is 3.47. The van der Waals surface area contributed by atoms with Crippen molar-refractivity contribution in [1.29, 1.82) is 0 Å². The first-order valence-corrected chi connectivity index (χ1v) is 6.00. The first kappa shape index (κ1) is 9.76. The van der Waals surface area contributed by atoms with E-state index in [-0.39, 0.29) is 0 Å². The Morgan fingerprint density at radius 3 is 2.81 bits per heavy atom. The minimum absolute atomic E-state index is 1.00. The van der Waals surface area contributed by atoms with Crippen molar-refractivity contribution in [2.75, 3.05) is 0 Å². The fraction of sp³-hybridized carbons (Fsp3) is 0.429. The van der Waals surface area contributed by atoms with Crippen molar-refractivity contribution in [2.24, 2.45) is 0 Å². The lowest BCUT2D eigenvalue weighted by Gasteiger charge is -1.97. The monoisotopic (exact) mass is 216 g/mol. The molecule has 2 aromatic heterocycles. The summed E-state index contributed by atoms with van der Waals surface area (Å²) in [4.78, 5) is 0. The Bertz CT molecular complexity index is 477. The van der Waals surface area contributed by atoms with Gasteiger partial charge in [0, 0.05) is 6.42 Å². The molecular weight excluding hydrogens is 200 g/mol. The maximum atomic E-state index is 6.00. The Kier molecular flexibility index (Phi) is 2.35. The summed E-state index contributed by atoms with van der Waals surface area (Å²) in [5.74, 6) is 2.20. The molecule has 0 radical (unpaired) electrons. The van der Waals surface area contributed by atoms with Crippen LogP contribution in [0.2, 0.25) is 0 Å². The predicted octanol–water partition coefficient (Wildman–Crippen LogP) is 4.12. The lowest BCUT2D eigenvalue weighted by molar-refractivity contribution is 0.510. The fourth-order valence-corrected chi connectivity index (χ4v) is 2.57.